The van der Waals surface area contributed by atoms with Gasteiger partial charge in [-0.2, -0.15) is 0 Å². The van der Waals surface area contributed by atoms with Crippen LogP contribution in [0.2, 0.25) is 0 Å². The van der Waals surface area contributed by atoms with Gasteiger partial charge in [-0.15, -0.1) is 0 Å². The lowest BCUT2D eigenvalue weighted by atomic mass is 9.95. The number of nitrogens with two attached hydrogens (primary N) is 1. The van der Waals surface area contributed by atoms with Crippen molar-refractivity contribution in [1.82, 2.24) is 5.16 Å². The number of nitrogens with zero attached hydrogens (tertiary/aromatic N) is 1. The van der Waals surface area contributed by atoms with E-state index in [0.717, 1.165) is 34.2 Å². The summed E-state index contributed by atoms with van der Waals surface area (Å²) in [6.45, 7) is 2.00. The number of hydrogen-bond acceptors (Lipinski definition) is 3. The van der Waals surface area contributed by atoms with Gasteiger partial charge in [-0.3, -0.25) is 0 Å². The molecule has 0 spiro atoms. The number of hydrogen-bond donors (Lipinski definition) is 1. The maximum Gasteiger partial charge on any atom is 0.167 e. The largest absolute Gasteiger partial charge is 0.356 e. The van der Waals surface area contributed by atoms with Gasteiger partial charge in [0.2, 0.25) is 0 Å². The maximum absolute atomic E-state index is 6.32. The zero-order valence-electron chi connectivity index (χ0n) is 12.0. The predicted molar refractivity (Wildman–Crippen MR) is 85.8 cm³/mol. The smallest absolute Gasteiger partial charge is 0.167 e. The minimum atomic E-state index is -0.0483. The first kappa shape index (κ1) is 13.6. The predicted octanol–water partition coefficient (Wildman–Crippen LogP) is 4.46. The molecule has 1 heterocycles. The number of aromatic nitrogens is 1. The Kier molecular flexibility index (Phi) is 3.84. The number of allylic oxidation sites excluding steroid dienone is 1. The monoisotopic (exact) mass is 278 g/mol. The molecule has 3 aromatic rings. The van der Waals surface area contributed by atoms with Gasteiger partial charge in [0.25, 0.3) is 0 Å². The fourth-order valence-corrected chi connectivity index (χ4v) is 2.53. The molecule has 21 heavy (non-hydrogen) atoms. The van der Waals surface area contributed by atoms with E-state index in [-0.39, 0.29) is 6.04 Å². The SMILES string of the molecule is C/C=C/CC(N)c1ccccc1-c1noc2ccccc12. The van der Waals surface area contributed by atoms with Crippen LogP contribution in [0.25, 0.3) is 22.2 Å². The van der Waals surface area contributed by atoms with E-state index >= 15 is 0 Å². The molecule has 1 aromatic heterocycles. The summed E-state index contributed by atoms with van der Waals surface area (Å²) in [6, 6.07) is 16.0. The van der Waals surface area contributed by atoms with Gasteiger partial charge in [0.05, 0.1) is 0 Å². The van der Waals surface area contributed by atoms with E-state index < -0.39 is 0 Å². The third kappa shape index (κ3) is 2.60. The van der Waals surface area contributed by atoms with Crippen LogP contribution in [0.4, 0.5) is 0 Å². The van der Waals surface area contributed by atoms with Crippen molar-refractivity contribution in [1.29, 1.82) is 0 Å². The standard InChI is InChI=1S/C18H18N2O/c1-2-3-11-16(19)13-8-4-5-9-14(13)18-15-10-6-7-12-17(15)21-20-18/h2-10,12,16H,11,19H2,1H3/b3-2+. The summed E-state index contributed by atoms with van der Waals surface area (Å²) in [5.74, 6) is 0. The normalized spacial score (nSPS) is 13.0. The first-order valence-corrected chi connectivity index (χ1v) is 7.11. The Morgan fingerprint density at radius 3 is 2.76 bits per heavy atom. The maximum atomic E-state index is 6.32. The fraction of sp³-hybridized carbons (Fsp3) is 0.167. The molecule has 1 unspecified atom stereocenters. The van der Waals surface area contributed by atoms with Crippen LogP contribution >= 0.6 is 0 Å². The molecule has 0 bridgehead atoms. The first-order valence-electron chi connectivity index (χ1n) is 7.11. The molecule has 3 rings (SSSR count). The van der Waals surface area contributed by atoms with Crippen molar-refractivity contribution >= 4 is 11.0 Å². The summed E-state index contributed by atoms with van der Waals surface area (Å²) in [4.78, 5) is 0. The molecule has 0 radical (unpaired) electrons. The Labute approximate surface area is 124 Å². The molecule has 0 amide bonds. The van der Waals surface area contributed by atoms with Crippen LogP contribution in [0.1, 0.15) is 24.9 Å². The first-order chi connectivity index (χ1) is 10.3. The van der Waals surface area contributed by atoms with E-state index in [2.05, 4.69) is 23.4 Å². The average Bonchev–Trinajstić information content (AvgIpc) is 2.96. The minimum Gasteiger partial charge on any atom is -0.356 e. The van der Waals surface area contributed by atoms with Crippen molar-refractivity contribution < 1.29 is 4.52 Å². The highest BCUT2D eigenvalue weighted by Crippen LogP contribution is 2.33. The molecule has 0 fully saturated rings. The number of rotatable bonds is 4. The average molecular weight is 278 g/mol. The van der Waals surface area contributed by atoms with Crippen LogP contribution in [0.5, 0.6) is 0 Å². The Balaban J connectivity index is 2.10. The molecule has 0 aliphatic carbocycles. The summed E-state index contributed by atoms with van der Waals surface area (Å²) < 4.78 is 5.41. The molecule has 0 aliphatic heterocycles. The van der Waals surface area contributed by atoms with Gasteiger partial charge in [-0.1, -0.05) is 53.7 Å². The molecule has 2 N–H and O–H groups in total. The number of fused-ring (bicyclic) bond motifs is 1. The van der Waals surface area contributed by atoms with Gasteiger partial charge in [-0.05, 0) is 31.0 Å². The van der Waals surface area contributed by atoms with Crippen molar-refractivity contribution in [3.63, 3.8) is 0 Å². The summed E-state index contributed by atoms with van der Waals surface area (Å²) in [6.07, 6.45) is 4.92. The second-order valence-corrected chi connectivity index (χ2v) is 5.03. The van der Waals surface area contributed by atoms with Gasteiger partial charge in [0.15, 0.2) is 5.58 Å². The molecular formula is C18H18N2O. The van der Waals surface area contributed by atoms with E-state index in [0.29, 0.717) is 0 Å². The van der Waals surface area contributed by atoms with Gasteiger partial charge in [-0.25, -0.2) is 0 Å². The van der Waals surface area contributed by atoms with E-state index in [4.69, 9.17) is 10.3 Å². The summed E-state index contributed by atoms with van der Waals surface area (Å²) in [7, 11) is 0. The highest BCUT2D eigenvalue weighted by Gasteiger charge is 2.16. The van der Waals surface area contributed by atoms with Crippen LogP contribution in [0, 0.1) is 0 Å². The summed E-state index contributed by atoms with van der Waals surface area (Å²) in [5, 5.41) is 5.26. The van der Waals surface area contributed by atoms with Crippen molar-refractivity contribution in [2.45, 2.75) is 19.4 Å². The van der Waals surface area contributed by atoms with E-state index in [1.165, 1.54) is 0 Å². The zero-order valence-corrected chi connectivity index (χ0v) is 12.0. The Bertz CT molecular complexity index is 773. The Morgan fingerprint density at radius 2 is 1.90 bits per heavy atom. The van der Waals surface area contributed by atoms with E-state index in [1.807, 2.05) is 49.4 Å². The van der Waals surface area contributed by atoms with Crippen LogP contribution < -0.4 is 5.73 Å². The van der Waals surface area contributed by atoms with Gasteiger partial charge in [0, 0.05) is 17.0 Å². The minimum absolute atomic E-state index is 0.0483. The van der Waals surface area contributed by atoms with Gasteiger partial charge in [0.1, 0.15) is 5.69 Å². The second-order valence-electron chi connectivity index (χ2n) is 5.03. The lowest BCUT2D eigenvalue weighted by Crippen LogP contribution is -2.10. The Hall–Kier alpha value is -2.39. The zero-order chi connectivity index (χ0) is 14.7. The molecule has 0 aliphatic rings. The van der Waals surface area contributed by atoms with Crippen LogP contribution in [-0.2, 0) is 0 Å². The van der Waals surface area contributed by atoms with Crippen LogP contribution in [0.15, 0.2) is 65.2 Å². The molecule has 106 valence electrons. The highest BCUT2D eigenvalue weighted by atomic mass is 16.5. The van der Waals surface area contributed by atoms with Crippen LogP contribution in [-0.4, -0.2) is 5.16 Å². The molecule has 0 saturated heterocycles. The number of para-hydroxylation sites is 1. The highest BCUT2D eigenvalue weighted by molar-refractivity contribution is 5.92. The quantitative estimate of drug-likeness (QED) is 0.717. The van der Waals surface area contributed by atoms with Gasteiger partial charge >= 0.3 is 0 Å². The lowest BCUT2D eigenvalue weighted by Gasteiger charge is -2.13. The Morgan fingerprint density at radius 1 is 1.14 bits per heavy atom. The third-order valence-corrected chi connectivity index (χ3v) is 3.62. The van der Waals surface area contributed by atoms with Crippen molar-refractivity contribution in [2.75, 3.05) is 0 Å². The summed E-state index contributed by atoms with van der Waals surface area (Å²) >= 11 is 0. The molecule has 2 aromatic carbocycles. The van der Waals surface area contributed by atoms with Crippen molar-refractivity contribution in [3.05, 3.63) is 66.2 Å². The molecular weight excluding hydrogens is 260 g/mol. The number of benzene rings is 2. The molecule has 0 saturated carbocycles. The molecule has 3 nitrogen and oxygen atoms in total. The molecule has 3 heteroatoms. The molecule has 1 atom stereocenters. The van der Waals surface area contributed by atoms with Gasteiger partial charge < -0.3 is 10.3 Å². The lowest BCUT2D eigenvalue weighted by molar-refractivity contribution is 0.459. The van der Waals surface area contributed by atoms with Crippen molar-refractivity contribution in [3.8, 4) is 11.3 Å². The van der Waals surface area contributed by atoms with Crippen molar-refractivity contribution in [2.24, 2.45) is 5.73 Å². The van der Waals surface area contributed by atoms with E-state index in [1.54, 1.807) is 0 Å². The van der Waals surface area contributed by atoms with Crippen LogP contribution in [0.3, 0.4) is 0 Å². The second kappa shape index (κ2) is 5.94. The fourth-order valence-electron chi connectivity index (χ4n) is 2.53. The third-order valence-electron chi connectivity index (χ3n) is 3.62. The van der Waals surface area contributed by atoms with E-state index in [9.17, 15) is 0 Å². The summed E-state index contributed by atoms with van der Waals surface area (Å²) in [5.41, 5.74) is 10.1. The topological polar surface area (TPSA) is 52.0 Å².